The van der Waals surface area contributed by atoms with Gasteiger partial charge >= 0.3 is 0 Å². The molecule has 2 aliphatic rings. The summed E-state index contributed by atoms with van der Waals surface area (Å²) in [5.74, 6) is 1.61. The molecule has 0 N–H and O–H groups in total. The van der Waals surface area contributed by atoms with E-state index in [9.17, 15) is 4.79 Å². The Hall–Kier alpha value is -1.31. The molecule has 2 atom stereocenters. The third-order valence-electron chi connectivity index (χ3n) is 4.91. The summed E-state index contributed by atoms with van der Waals surface area (Å²) in [7, 11) is 1.70. The van der Waals surface area contributed by atoms with Crippen molar-refractivity contribution < 1.29 is 9.53 Å². The lowest BCUT2D eigenvalue weighted by Gasteiger charge is -2.45. The normalized spacial score (nSPS) is 30.6. The van der Waals surface area contributed by atoms with Crippen molar-refractivity contribution in [3.8, 4) is 5.75 Å². The van der Waals surface area contributed by atoms with Crippen LogP contribution in [0.25, 0.3) is 0 Å². The molecular weight excluding hydrogens is 224 g/mol. The third-order valence-corrected chi connectivity index (χ3v) is 4.91. The first kappa shape index (κ1) is 11.8. The molecule has 1 fully saturated rings. The average molecular weight is 244 g/mol. The van der Waals surface area contributed by atoms with Crippen LogP contribution in [0.2, 0.25) is 0 Å². The molecular formula is C16H20O2. The average Bonchev–Trinajstić information content (AvgIpc) is 2.38. The van der Waals surface area contributed by atoms with Crippen molar-refractivity contribution in [2.75, 3.05) is 7.11 Å². The van der Waals surface area contributed by atoms with Crippen molar-refractivity contribution in [1.82, 2.24) is 0 Å². The summed E-state index contributed by atoms with van der Waals surface area (Å²) in [5.41, 5.74) is 2.80. The highest BCUT2D eigenvalue weighted by Crippen LogP contribution is 2.49. The minimum Gasteiger partial charge on any atom is -0.497 e. The summed E-state index contributed by atoms with van der Waals surface area (Å²) in [6.07, 6.45) is 4.99. The molecule has 96 valence electrons. The molecule has 2 heteroatoms. The van der Waals surface area contributed by atoms with E-state index in [1.54, 1.807) is 7.11 Å². The van der Waals surface area contributed by atoms with Gasteiger partial charge in [0.1, 0.15) is 11.5 Å². The monoisotopic (exact) mass is 244 g/mol. The summed E-state index contributed by atoms with van der Waals surface area (Å²) in [5, 5.41) is 0. The Morgan fingerprint density at radius 1 is 1.33 bits per heavy atom. The fourth-order valence-corrected chi connectivity index (χ4v) is 3.87. The maximum Gasteiger partial charge on any atom is 0.136 e. The number of rotatable bonds is 1. The third kappa shape index (κ3) is 1.58. The first-order valence-corrected chi connectivity index (χ1v) is 6.85. The van der Waals surface area contributed by atoms with Crippen LogP contribution >= 0.6 is 0 Å². The van der Waals surface area contributed by atoms with E-state index in [4.69, 9.17) is 4.74 Å². The summed E-state index contributed by atoms with van der Waals surface area (Å²) in [6.45, 7) is 2.27. The molecule has 0 spiro atoms. The second kappa shape index (κ2) is 4.11. The topological polar surface area (TPSA) is 26.3 Å². The lowest BCUT2D eigenvalue weighted by Crippen LogP contribution is -2.44. The number of Topliss-reactive ketones (excluding diaryl/α,β-unsaturated/α-hetero) is 1. The van der Waals surface area contributed by atoms with Gasteiger partial charge in [0.05, 0.1) is 7.11 Å². The lowest BCUT2D eigenvalue weighted by atomic mass is 9.58. The molecule has 0 unspecified atom stereocenters. The van der Waals surface area contributed by atoms with Crippen LogP contribution in [0.3, 0.4) is 0 Å². The Morgan fingerprint density at radius 3 is 2.94 bits per heavy atom. The summed E-state index contributed by atoms with van der Waals surface area (Å²) >= 11 is 0. The first-order chi connectivity index (χ1) is 8.65. The number of hydrogen-bond donors (Lipinski definition) is 0. The predicted octanol–water partition coefficient (Wildman–Crippen LogP) is 3.27. The molecule has 3 rings (SSSR count). The summed E-state index contributed by atoms with van der Waals surface area (Å²) in [6, 6.07) is 6.36. The van der Waals surface area contributed by atoms with Gasteiger partial charge < -0.3 is 4.74 Å². The SMILES string of the molecule is COc1ccc2c(c1)[C@@]1(C)CCCC(=O)[C@@H]1CC2. The van der Waals surface area contributed by atoms with E-state index < -0.39 is 0 Å². The number of fused-ring (bicyclic) bond motifs is 3. The molecule has 0 saturated heterocycles. The number of ether oxygens (including phenoxy) is 1. The number of ketones is 1. The zero-order chi connectivity index (χ0) is 12.8. The highest BCUT2D eigenvalue weighted by Gasteiger charge is 2.45. The Morgan fingerprint density at radius 2 is 2.17 bits per heavy atom. The van der Waals surface area contributed by atoms with Crippen LogP contribution in [0, 0.1) is 5.92 Å². The number of hydrogen-bond acceptors (Lipinski definition) is 2. The Kier molecular flexibility index (Phi) is 2.69. The van der Waals surface area contributed by atoms with Gasteiger partial charge in [-0.1, -0.05) is 13.0 Å². The molecule has 0 radical (unpaired) electrons. The van der Waals surface area contributed by atoms with Gasteiger partial charge in [0, 0.05) is 17.8 Å². The van der Waals surface area contributed by atoms with Gasteiger partial charge in [0.2, 0.25) is 0 Å². The highest BCUT2D eigenvalue weighted by molar-refractivity contribution is 5.84. The molecule has 0 aromatic heterocycles. The van der Waals surface area contributed by atoms with Gasteiger partial charge in [-0.05, 0) is 48.9 Å². The van der Waals surface area contributed by atoms with E-state index in [0.29, 0.717) is 5.78 Å². The second-order valence-corrected chi connectivity index (χ2v) is 5.85. The van der Waals surface area contributed by atoms with Crippen molar-refractivity contribution in [1.29, 1.82) is 0 Å². The maximum atomic E-state index is 12.2. The molecule has 18 heavy (non-hydrogen) atoms. The van der Waals surface area contributed by atoms with Crippen LogP contribution < -0.4 is 4.74 Å². The van der Waals surface area contributed by atoms with Gasteiger partial charge in [0.25, 0.3) is 0 Å². The molecule has 0 amide bonds. The molecule has 1 aromatic carbocycles. The van der Waals surface area contributed by atoms with Crippen molar-refractivity contribution in [3.05, 3.63) is 29.3 Å². The van der Waals surface area contributed by atoms with Crippen molar-refractivity contribution >= 4 is 5.78 Å². The first-order valence-electron chi connectivity index (χ1n) is 6.85. The van der Waals surface area contributed by atoms with Crippen LogP contribution in [-0.2, 0) is 16.6 Å². The van der Waals surface area contributed by atoms with Crippen LogP contribution in [-0.4, -0.2) is 12.9 Å². The Bertz CT molecular complexity index is 492. The second-order valence-electron chi connectivity index (χ2n) is 5.85. The van der Waals surface area contributed by atoms with E-state index in [-0.39, 0.29) is 11.3 Å². The van der Waals surface area contributed by atoms with Crippen molar-refractivity contribution in [2.45, 2.75) is 44.4 Å². The molecule has 2 aliphatic carbocycles. The number of benzene rings is 1. The number of carbonyl (C=O) groups is 1. The minimum atomic E-state index is 0.0391. The van der Waals surface area contributed by atoms with Crippen LogP contribution in [0.5, 0.6) is 5.75 Å². The smallest absolute Gasteiger partial charge is 0.136 e. The quantitative estimate of drug-likeness (QED) is 0.758. The zero-order valence-electron chi connectivity index (χ0n) is 11.2. The lowest BCUT2D eigenvalue weighted by molar-refractivity contribution is -0.128. The highest BCUT2D eigenvalue weighted by atomic mass is 16.5. The van der Waals surface area contributed by atoms with Gasteiger partial charge in [-0.15, -0.1) is 0 Å². The summed E-state index contributed by atoms with van der Waals surface area (Å²) in [4.78, 5) is 12.2. The maximum absolute atomic E-state index is 12.2. The fraction of sp³-hybridized carbons (Fsp3) is 0.562. The fourth-order valence-electron chi connectivity index (χ4n) is 3.87. The largest absolute Gasteiger partial charge is 0.497 e. The van der Waals surface area contributed by atoms with E-state index in [1.807, 2.05) is 6.07 Å². The molecule has 0 heterocycles. The van der Waals surface area contributed by atoms with E-state index in [1.165, 1.54) is 11.1 Å². The molecule has 0 aliphatic heterocycles. The van der Waals surface area contributed by atoms with Crippen molar-refractivity contribution in [2.24, 2.45) is 5.92 Å². The number of methoxy groups -OCH3 is 1. The Labute approximate surface area is 108 Å². The van der Waals surface area contributed by atoms with Gasteiger partial charge in [-0.2, -0.15) is 0 Å². The minimum absolute atomic E-state index is 0.0391. The standard InChI is InChI=1S/C16H20O2/c1-16-9-3-4-15(17)13(16)8-6-11-5-7-12(18-2)10-14(11)16/h5,7,10,13H,3-4,6,8-9H2,1-2H3/t13-,16-/m0/s1. The van der Waals surface area contributed by atoms with Crippen molar-refractivity contribution in [3.63, 3.8) is 0 Å². The summed E-state index contributed by atoms with van der Waals surface area (Å²) < 4.78 is 5.35. The molecule has 1 saturated carbocycles. The molecule has 0 bridgehead atoms. The molecule has 1 aromatic rings. The van der Waals surface area contributed by atoms with Gasteiger partial charge in [-0.3, -0.25) is 4.79 Å². The van der Waals surface area contributed by atoms with E-state index in [0.717, 1.165) is 37.9 Å². The van der Waals surface area contributed by atoms with Crippen LogP contribution in [0.1, 0.15) is 43.7 Å². The van der Waals surface area contributed by atoms with Crippen LogP contribution in [0.4, 0.5) is 0 Å². The predicted molar refractivity (Wildman–Crippen MR) is 71.0 cm³/mol. The number of carbonyl (C=O) groups excluding carboxylic acids is 1. The van der Waals surface area contributed by atoms with E-state index >= 15 is 0 Å². The van der Waals surface area contributed by atoms with Gasteiger partial charge in [0.15, 0.2) is 0 Å². The van der Waals surface area contributed by atoms with E-state index in [2.05, 4.69) is 19.1 Å². The molecule has 2 nitrogen and oxygen atoms in total. The number of aryl methyl sites for hydroxylation is 1. The zero-order valence-corrected chi connectivity index (χ0v) is 11.2. The van der Waals surface area contributed by atoms with Gasteiger partial charge in [-0.25, -0.2) is 0 Å². The Balaban J connectivity index is 2.11. The van der Waals surface area contributed by atoms with Crippen LogP contribution in [0.15, 0.2) is 18.2 Å².